The molecule has 1 N–H and O–H groups in total. The lowest BCUT2D eigenvalue weighted by atomic mass is 10.1. The Morgan fingerprint density at radius 2 is 2.10 bits per heavy atom. The summed E-state index contributed by atoms with van der Waals surface area (Å²) < 4.78 is 28.5. The van der Waals surface area contributed by atoms with Crippen molar-refractivity contribution in [3.63, 3.8) is 0 Å². The molecule has 7 nitrogen and oxygen atoms in total. The van der Waals surface area contributed by atoms with Gasteiger partial charge >= 0.3 is 0 Å². The van der Waals surface area contributed by atoms with Crippen molar-refractivity contribution in [1.82, 2.24) is 15.5 Å². The molecule has 120 valence electrons. The summed E-state index contributed by atoms with van der Waals surface area (Å²) in [7, 11) is -3.60. The van der Waals surface area contributed by atoms with E-state index in [1.54, 1.807) is 6.92 Å². The molecular weight excluding hydrogens is 294 g/mol. The summed E-state index contributed by atoms with van der Waals surface area (Å²) in [5, 5.41) is 6.22. The maximum atomic E-state index is 11.9. The zero-order valence-electron chi connectivity index (χ0n) is 12.8. The van der Waals surface area contributed by atoms with Gasteiger partial charge in [-0.2, -0.15) is 4.98 Å². The third-order valence-corrected chi connectivity index (χ3v) is 4.30. The molecule has 0 spiro atoms. The van der Waals surface area contributed by atoms with Gasteiger partial charge in [0, 0.05) is 6.04 Å². The second kappa shape index (κ2) is 8.11. The van der Waals surface area contributed by atoms with Crippen molar-refractivity contribution in [3.05, 3.63) is 11.7 Å². The lowest BCUT2D eigenvalue weighted by Crippen LogP contribution is -2.37. The summed E-state index contributed by atoms with van der Waals surface area (Å²) in [6.45, 7) is 5.58. The first kappa shape index (κ1) is 17.6. The molecule has 0 unspecified atom stereocenters. The van der Waals surface area contributed by atoms with Gasteiger partial charge in [-0.05, 0) is 20.3 Å². The summed E-state index contributed by atoms with van der Waals surface area (Å²) in [6, 6.07) is -0.0232. The van der Waals surface area contributed by atoms with Crippen molar-refractivity contribution >= 4 is 15.7 Å². The van der Waals surface area contributed by atoms with Crippen LogP contribution in [0.15, 0.2) is 4.52 Å². The average molecular weight is 317 g/mol. The van der Waals surface area contributed by atoms with E-state index in [1.807, 2.05) is 6.92 Å². The molecule has 8 heteroatoms. The Hall–Kier alpha value is -1.44. The first-order valence-corrected chi connectivity index (χ1v) is 8.93. The lowest BCUT2D eigenvalue weighted by molar-refractivity contribution is -0.119. The minimum atomic E-state index is -3.60. The molecule has 0 saturated carbocycles. The van der Waals surface area contributed by atoms with E-state index < -0.39 is 27.3 Å². The van der Waals surface area contributed by atoms with Crippen LogP contribution in [0.3, 0.4) is 0 Å². The average Bonchev–Trinajstić information content (AvgIpc) is 2.72. The predicted octanol–water partition coefficient (Wildman–Crippen LogP) is 1.38. The van der Waals surface area contributed by atoms with Gasteiger partial charge in [0.15, 0.2) is 15.7 Å². The zero-order chi connectivity index (χ0) is 15.9. The van der Waals surface area contributed by atoms with Crippen LogP contribution < -0.4 is 5.32 Å². The number of aromatic nitrogens is 2. The highest BCUT2D eigenvalue weighted by atomic mass is 32.2. The molecule has 1 rings (SSSR count). The number of sulfone groups is 1. The Balaban J connectivity index is 2.41. The number of nitrogens with zero attached hydrogens (tertiary/aromatic N) is 2. The fourth-order valence-electron chi connectivity index (χ4n) is 1.93. The fraction of sp³-hybridized carbons (Fsp3) is 0.769. The maximum Gasteiger partial charge on any atom is 0.241 e. The van der Waals surface area contributed by atoms with Crippen molar-refractivity contribution < 1.29 is 17.7 Å². The molecular formula is C13H23N3O4S. The summed E-state index contributed by atoms with van der Waals surface area (Å²) in [5.74, 6) is -1.08. The van der Waals surface area contributed by atoms with Crippen molar-refractivity contribution in [2.45, 2.75) is 58.2 Å². The van der Waals surface area contributed by atoms with Gasteiger partial charge < -0.3 is 9.84 Å². The molecule has 1 amide bonds. The van der Waals surface area contributed by atoms with Gasteiger partial charge in [0.05, 0.1) is 0 Å². The minimum absolute atomic E-state index is 0.0105. The smallest absolute Gasteiger partial charge is 0.241 e. The highest BCUT2D eigenvalue weighted by Gasteiger charge is 2.21. The molecule has 0 fully saturated rings. The number of amides is 1. The number of nitrogens with one attached hydrogen (secondary N) is 1. The largest absolute Gasteiger partial charge is 0.353 e. The van der Waals surface area contributed by atoms with E-state index in [9.17, 15) is 13.2 Å². The number of hydrogen-bond donors (Lipinski definition) is 1. The summed E-state index contributed by atoms with van der Waals surface area (Å²) in [6.07, 6.45) is 4.09. The molecule has 0 aliphatic heterocycles. The Morgan fingerprint density at radius 3 is 2.67 bits per heavy atom. The van der Waals surface area contributed by atoms with Crippen LogP contribution in [0.5, 0.6) is 0 Å². The molecule has 1 aromatic rings. The minimum Gasteiger partial charge on any atom is -0.353 e. The summed E-state index contributed by atoms with van der Waals surface area (Å²) >= 11 is 0. The van der Waals surface area contributed by atoms with Gasteiger partial charge in [-0.25, -0.2) is 8.42 Å². The standard InChI is InChI=1S/C13H23N3O4S/c1-4-5-6-7-10(2)14-12(17)8-21(18,19)9-13-15-11(3)16-20-13/h10H,4-9H2,1-3H3,(H,14,17)/t10-/m0/s1. The quantitative estimate of drug-likeness (QED) is 0.690. The predicted molar refractivity (Wildman–Crippen MR) is 78.3 cm³/mol. The topological polar surface area (TPSA) is 102 Å². The maximum absolute atomic E-state index is 11.9. The van der Waals surface area contributed by atoms with Gasteiger partial charge in [0.2, 0.25) is 11.8 Å². The van der Waals surface area contributed by atoms with Crippen LogP contribution in [0.2, 0.25) is 0 Å². The van der Waals surface area contributed by atoms with E-state index >= 15 is 0 Å². The van der Waals surface area contributed by atoms with Crippen LogP contribution in [0, 0.1) is 6.92 Å². The highest BCUT2D eigenvalue weighted by Crippen LogP contribution is 2.06. The molecule has 1 heterocycles. The fourth-order valence-corrected chi connectivity index (χ4v) is 3.01. The van der Waals surface area contributed by atoms with E-state index in [-0.39, 0.29) is 11.9 Å². The van der Waals surface area contributed by atoms with Gasteiger partial charge in [-0.1, -0.05) is 31.3 Å². The van der Waals surface area contributed by atoms with Crippen LogP contribution in [-0.2, 0) is 20.4 Å². The second-order valence-corrected chi connectivity index (χ2v) is 7.30. The van der Waals surface area contributed by atoms with E-state index in [1.165, 1.54) is 0 Å². The Bertz CT molecular complexity index is 554. The monoisotopic (exact) mass is 317 g/mol. The van der Waals surface area contributed by atoms with Gasteiger partial charge in [-0.3, -0.25) is 4.79 Å². The van der Waals surface area contributed by atoms with Crippen LogP contribution in [0.1, 0.15) is 51.2 Å². The molecule has 0 radical (unpaired) electrons. The first-order valence-electron chi connectivity index (χ1n) is 7.11. The van der Waals surface area contributed by atoms with Crippen LogP contribution in [-0.4, -0.2) is 36.3 Å². The van der Waals surface area contributed by atoms with Crippen LogP contribution >= 0.6 is 0 Å². The highest BCUT2D eigenvalue weighted by molar-refractivity contribution is 7.91. The van der Waals surface area contributed by atoms with Crippen LogP contribution in [0.4, 0.5) is 0 Å². The van der Waals surface area contributed by atoms with Gasteiger partial charge in [0.1, 0.15) is 11.5 Å². The van der Waals surface area contributed by atoms with E-state index in [4.69, 9.17) is 4.52 Å². The number of rotatable bonds is 9. The van der Waals surface area contributed by atoms with Crippen molar-refractivity contribution in [2.24, 2.45) is 0 Å². The number of carbonyl (C=O) groups excluding carboxylic acids is 1. The lowest BCUT2D eigenvalue weighted by Gasteiger charge is -2.13. The van der Waals surface area contributed by atoms with E-state index in [0.717, 1.165) is 25.7 Å². The molecule has 0 aliphatic carbocycles. The number of hydrogen-bond acceptors (Lipinski definition) is 6. The molecule has 0 bridgehead atoms. The Morgan fingerprint density at radius 1 is 1.38 bits per heavy atom. The normalized spacial score (nSPS) is 13.1. The number of carbonyl (C=O) groups is 1. The van der Waals surface area contributed by atoms with Crippen molar-refractivity contribution in [3.8, 4) is 0 Å². The summed E-state index contributed by atoms with van der Waals surface area (Å²) in [4.78, 5) is 15.6. The molecule has 1 atom stereocenters. The van der Waals surface area contributed by atoms with E-state index in [2.05, 4.69) is 22.4 Å². The molecule has 0 aromatic carbocycles. The van der Waals surface area contributed by atoms with Crippen LogP contribution in [0.25, 0.3) is 0 Å². The molecule has 1 aromatic heterocycles. The van der Waals surface area contributed by atoms with Gasteiger partial charge in [-0.15, -0.1) is 0 Å². The zero-order valence-corrected chi connectivity index (χ0v) is 13.6. The molecule has 21 heavy (non-hydrogen) atoms. The SMILES string of the molecule is CCCCC[C@H](C)NC(=O)CS(=O)(=O)Cc1nc(C)no1. The third-order valence-electron chi connectivity index (χ3n) is 2.91. The Labute approximate surface area is 125 Å². The van der Waals surface area contributed by atoms with Gasteiger partial charge in [0.25, 0.3) is 0 Å². The number of unbranched alkanes of at least 4 members (excludes halogenated alkanes) is 2. The molecule has 0 aliphatic rings. The Kier molecular flexibility index (Phi) is 6.80. The molecule has 0 saturated heterocycles. The third kappa shape index (κ3) is 7.22. The van der Waals surface area contributed by atoms with Crippen molar-refractivity contribution in [1.29, 1.82) is 0 Å². The second-order valence-electron chi connectivity index (χ2n) is 5.23. The number of aryl methyl sites for hydroxylation is 1. The summed E-state index contributed by atoms with van der Waals surface area (Å²) in [5.41, 5.74) is 0. The van der Waals surface area contributed by atoms with E-state index in [0.29, 0.717) is 5.82 Å². The van der Waals surface area contributed by atoms with Crippen molar-refractivity contribution in [2.75, 3.05) is 5.75 Å². The first-order chi connectivity index (χ1) is 9.82.